The molecule has 5 heterocycles. The van der Waals surface area contributed by atoms with Gasteiger partial charge < -0.3 is 89.0 Å². The second kappa shape index (κ2) is 17.7. The highest BCUT2D eigenvalue weighted by Crippen LogP contribution is 2.71. The lowest BCUT2D eigenvalue weighted by Crippen LogP contribution is -2.67. The third kappa shape index (κ3) is 7.79. The van der Waals surface area contributed by atoms with Crippen molar-refractivity contribution in [3.05, 3.63) is 0 Å². The van der Waals surface area contributed by atoms with Gasteiger partial charge in [-0.05, 0) is 105 Å². The predicted molar refractivity (Wildman–Crippen MR) is 216 cm³/mol. The molecule has 0 bridgehead atoms. The summed E-state index contributed by atoms with van der Waals surface area (Å²) in [5.41, 5.74) is -0.0296. The van der Waals surface area contributed by atoms with Crippen LogP contribution in [0.4, 0.5) is 0 Å². The van der Waals surface area contributed by atoms with Crippen molar-refractivity contribution < 1.29 is 89.0 Å². The number of ether oxygens (including phenoxy) is 8. The Bertz CT molecular complexity index is 1580. The summed E-state index contributed by atoms with van der Waals surface area (Å²) < 4.78 is 49.7. The lowest BCUT2D eigenvalue weighted by Gasteiger charge is -2.62. The molecule has 0 aromatic heterocycles. The van der Waals surface area contributed by atoms with Crippen LogP contribution in [0.1, 0.15) is 92.4 Å². The average Bonchev–Trinajstić information content (AvgIpc) is 3.70. The molecule has 18 nitrogen and oxygen atoms in total. The maximum absolute atomic E-state index is 12.1. The van der Waals surface area contributed by atoms with Gasteiger partial charge >= 0.3 is 0 Å². The number of aliphatic hydroxyl groups is 10. The molecule has 9 aliphatic rings. The zero-order chi connectivity index (χ0) is 45.1. The van der Waals surface area contributed by atoms with Crippen molar-refractivity contribution in [3.8, 4) is 0 Å². The molecular weight excluding hydrogens is 828 g/mol. The van der Waals surface area contributed by atoms with Gasteiger partial charge in [0.1, 0.15) is 67.1 Å². The Morgan fingerprint density at radius 1 is 0.603 bits per heavy atom. The summed E-state index contributed by atoms with van der Waals surface area (Å²) in [5, 5.41) is 108. The quantitative estimate of drug-likeness (QED) is 0.134. The van der Waals surface area contributed by atoms with Gasteiger partial charge in [-0.2, -0.15) is 0 Å². The van der Waals surface area contributed by atoms with Crippen LogP contribution < -0.4 is 0 Å². The number of hydrogen-bond acceptors (Lipinski definition) is 18. The monoisotopic (exact) mass is 902 g/mol. The zero-order valence-electron chi connectivity index (χ0n) is 37.2. The van der Waals surface area contributed by atoms with Crippen LogP contribution in [0.2, 0.25) is 0 Å². The maximum Gasteiger partial charge on any atom is 0.187 e. The van der Waals surface area contributed by atoms with Gasteiger partial charge in [0.25, 0.3) is 0 Å². The number of hydrogen-bond donors (Lipinski definition) is 10. The smallest absolute Gasteiger partial charge is 0.187 e. The van der Waals surface area contributed by atoms with Gasteiger partial charge in [-0.1, -0.05) is 27.7 Å². The summed E-state index contributed by atoms with van der Waals surface area (Å²) >= 11 is 0. The van der Waals surface area contributed by atoms with Crippen molar-refractivity contribution >= 4 is 0 Å². The van der Waals surface area contributed by atoms with Crippen molar-refractivity contribution in [1.82, 2.24) is 0 Å². The first-order chi connectivity index (χ1) is 29.8. The molecule has 4 saturated carbocycles. The molecule has 10 N–H and O–H groups in total. The van der Waals surface area contributed by atoms with E-state index in [1.54, 1.807) is 0 Å². The van der Waals surface area contributed by atoms with Crippen molar-refractivity contribution in [2.75, 3.05) is 19.8 Å². The molecule has 362 valence electrons. The normalized spacial score (nSPS) is 59.4. The summed E-state index contributed by atoms with van der Waals surface area (Å²) in [6.45, 7) is 10.2. The van der Waals surface area contributed by atoms with Crippen LogP contribution in [0, 0.1) is 52.3 Å². The zero-order valence-corrected chi connectivity index (χ0v) is 37.2. The van der Waals surface area contributed by atoms with Gasteiger partial charge in [0, 0.05) is 12.3 Å². The molecule has 5 aliphatic heterocycles. The van der Waals surface area contributed by atoms with Crippen LogP contribution in [0.3, 0.4) is 0 Å². The fraction of sp³-hybridized carbons (Fsp3) is 1.00. The van der Waals surface area contributed by atoms with E-state index in [4.69, 9.17) is 37.9 Å². The first-order valence-electron chi connectivity index (χ1n) is 23.8. The molecule has 19 unspecified atom stereocenters. The van der Waals surface area contributed by atoms with Crippen LogP contribution >= 0.6 is 0 Å². The summed E-state index contributed by atoms with van der Waals surface area (Å²) in [6.07, 6.45) is -17.0. The molecule has 9 rings (SSSR count). The second-order valence-electron chi connectivity index (χ2n) is 21.7. The fourth-order valence-corrected chi connectivity index (χ4v) is 14.7. The lowest BCUT2D eigenvalue weighted by atomic mass is 9.44. The Labute approximate surface area is 369 Å². The van der Waals surface area contributed by atoms with Gasteiger partial charge in [0.2, 0.25) is 0 Å². The van der Waals surface area contributed by atoms with Crippen molar-refractivity contribution in [3.63, 3.8) is 0 Å². The maximum atomic E-state index is 12.1. The SMILES string of the molecule is CC1CC[C@@]2(OC1)O[C@H]1C[C@H]3[C@@H]4CCC5CC(OC6OC(CO)C(OC7OC(CO)C(O)C(O)C7O)C(O)C6OC6OC(C)C(O)C(O)C6O)C(O)C[C@]5(C)[C@H]4CC[C@]3(C)[C@H]1[C@@H]2C. The van der Waals surface area contributed by atoms with Crippen molar-refractivity contribution in [2.24, 2.45) is 52.3 Å². The van der Waals surface area contributed by atoms with Crippen LogP contribution in [0.25, 0.3) is 0 Å². The molecule has 4 aliphatic carbocycles. The highest BCUT2D eigenvalue weighted by Gasteiger charge is 2.69. The first-order valence-corrected chi connectivity index (χ1v) is 23.8. The molecule has 0 radical (unpaired) electrons. The first kappa shape index (κ1) is 47.4. The Kier molecular flexibility index (Phi) is 13.3. The van der Waals surface area contributed by atoms with E-state index < -0.39 is 123 Å². The van der Waals surface area contributed by atoms with Crippen LogP contribution in [-0.2, 0) is 37.9 Å². The Morgan fingerprint density at radius 3 is 1.95 bits per heavy atom. The molecule has 0 aromatic carbocycles. The van der Waals surface area contributed by atoms with E-state index in [2.05, 4.69) is 27.7 Å². The molecule has 1 spiro atoms. The van der Waals surface area contributed by atoms with E-state index >= 15 is 0 Å². The lowest BCUT2D eigenvalue weighted by molar-refractivity contribution is -0.392. The van der Waals surface area contributed by atoms with Crippen LogP contribution in [0.5, 0.6) is 0 Å². The molecule has 0 amide bonds. The third-order valence-electron chi connectivity index (χ3n) is 18.3. The Morgan fingerprint density at radius 2 is 1.27 bits per heavy atom. The van der Waals surface area contributed by atoms with E-state index in [0.29, 0.717) is 48.3 Å². The van der Waals surface area contributed by atoms with E-state index in [1.165, 1.54) is 6.92 Å². The van der Waals surface area contributed by atoms with Gasteiger partial charge in [-0.15, -0.1) is 0 Å². The highest BCUT2D eigenvalue weighted by molar-refractivity contribution is 5.16. The van der Waals surface area contributed by atoms with Gasteiger partial charge in [-0.25, -0.2) is 0 Å². The standard InChI is InChI=1S/C45H74O18/c1-18-8-11-45(56-17-18)19(2)30-27(63-45)13-24-22-7-6-21-12-26(25(48)14-44(21,5)23(22)9-10-43(24,30)4)58-42-39(62-40-35(53)33(51)31(49)20(3)57-40)37(55)38(29(16-47)60-42)61-41-36(54)34(52)32(50)28(15-46)59-41/h18-42,46-55H,6-17H2,1-5H3/t18?,19-,20?,21?,22+,23-,24-,25?,26?,27-,28?,29?,30-,31?,32?,33?,34?,35?,36?,37?,38?,39?,40?,41?,42?,43-,44-,45+/m0/s1. The molecule has 28 atom stereocenters. The average molecular weight is 903 g/mol. The van der Waals surface area contributed by atoms with Gasteiger partial charge in [0.15, 0.2) is 24.7 Å². The third-order valence-corrected chi connectivity index (χ3v) is 18.3. The summed E-state index contributed by atoms with van der Waals surface area (Å²) in [5.74, 6) is 2.45. The summed E-state index contributed by atoms with van der Waals surface area (Å²) in [6, 6.07) is 0. The minimum atomic E-state index is -1.85. The van der Waals surface area contributed by atoms with Crippen molar-refractivity contribution in [1.29, 1.82) is 0 Å². The fourth-order valence-electron chi connectivity index (χ4n) is 14.7. The van der Waals surface area contributed by atoms with Gasteiger partial charge in [0.05, 0.1) is 44.2 Å². The molecule has 18 heteroatoms. The van der Waals surface area contributed by atoms with E-state index in [0.717, 1.165) is 51.6 Å². The number of rotatable bonds is 8. The predicted octanol–water partition coefficient (Wildman–Crippen LogP) is -0.735. The second-order valence-corrected chi connectivity index (χ2v) is 21.7. The van der Waals surface area contributed by atoms with E-state index in [-0.39, 0.29) is 22.9 Å². The van der Waals surface area contributed by atoms with E-state index in [9.17, 15) is 51.1 Å². The number of aliphatic hydroxyl groups excluding tert-OH is 10. The van der Waals surface area contributed by atoms with Crippen LogP contribution in [0.15, 0.2) is 0 Å². The molecule has 9 fully saturated rings. The minimum absolute atomic E-state index is 0.145. The summed E-state index contributed by atoms with van der Waals surface area (Å²) in [4.78, 5) is 0. The van der Waals surface area contributed by atoms with Crippen molar-refractivity contribution in [2.45, 2.75) is 209 Å². The largest absolute Gasteiger partial charge is 0.394 e. The van der Waals surface area contributed by atoms with Gasteiger partial charge in [-0.3, -0.25) is 0 Å². The highest BCUT2D eigenvalue weighted by atomic mass is 16.8. The van der Waals surface area contributed by atoms with E-state index in [1.807, 2.05) is 0 Å². The number of fused-ring (bicyclic) bond motifs is 7. The summed E-state index contributed by atoms with van der Waals surface area (Å²) in [7, 11) is 0. The van der Waals surface area contributed by atoms with Crippen LogP contribution in [-0.4, -0.2) is 187 Å². The molecule has 0 aromatic rings. The molecule has 63 heavy (non-hydrogen) atoms. The molecule has 5 saturated heterocycles. The Balaban J connectivity index is 0.916. The Hall–Kier alpha value is -0.720. The topological polar surface area (TPSA) is 276 Å². The molecular formula is C45H74O18. The minimum Gasteiger partial charge on any atom is -0.394 e.